The van der Waals surface area contributed by atoms with Crippen molar-refractivity contribution in [2.24, 2.45) is 5.92 Å². The van der Waals surface area contributed by atoms with Crippen molar-refractivity contribution < 1.29 is 14.3 Å². The molecule has 1 fully saturated rings. The van der Waals surface area contributed by atoms with Crippen molar-refractivity contribution in [2.75, 3.05) is 13.2 Å². The van der Waals surface area contributed by atoms with E-state index in [4.69, 9.17) is 4.74 Å². The Morgan fingerprint density at radius 2 is 2.22 bits per heavy atom. The lowest BCUT2D eigenvalue weighted by molar-refractivity contribution is -0.127. The Hall–Kier alpha value is -1.32. The van der Waals surface area contributed by atoms with E-state index in [0.29, 0.717) is 19.1 Å². The summed E-state index contributed by atoms with van der Waals surface area (Å²) in [6, 6.07) is 0. The number of likely N-dealkylation sites (tertiary alicyclic amines) is 1. The van der Waals surface area contributed by atoms with Crippen molar-refractivity contribution in [1.82, 2.24) is 4.90 Å². The third-order valence-electron chi connectivity index (χ3n) is 2.83. The predicted octanol–water partition coefficient (Wildman–Crippen LogP) is 3.13. The second-order valence-corrected chi connectivity index (χ2v) is 4.96. The fraction of sp³-hybridized carbons (Fsp3) is 0.714. The van der Waals surface area contributed by atoms with Crippen molar-refractivity contribution in [1.29, 1.82) is 0 Å². The van der Waals surface area contributed by atoms with Gasteiger partial charge in [0.25, 0.3) is 5.91 Å². The third-order valence-corrected chi connectivity index (χ3v) is 2.83. The minimum Gasteiger partial charge on any atom is -0.449 e. The van der Waals surface area contributed by atoms with Crippen LogP contribution in [0.2, 0.25) is 0 Å². The predicted molar refractivity (Wildman–Crippen MR) is 70.1 cm³/mol. The Balaban J connectivity index is 2.60. The molecule has 0 radical (unpaired) electrons. The first-order valence-corrected chi connectivity index (χ1v) is 6.75. The Bertz CT molecular complexity index is 334. The molecule has 102 valence electrons. The molecule has 0 bridgehead atoms. The molecule has 0 aromatic rings. The van der Waals surface area contributed by atoms with E-state index in [-0.39, 0.29) is 5.91 Å². The van der Waals surface area contributed by atoms with Gasteiger partial charge in [0.05, 0.1) is 6.61 Å². The van der Waals surface area contributed by atoms with E-state index in [1.54, 1.807) is 0 Å². The summed E-state index contributed by atoms with van der Waals surface area (Å²) >= 11 is 0. The Morgan fingerprint density at radius 3 is 2.83 bits per heavy atom. The number of unbranched alkanes of at least 4 members (excludes halogenated alkanes) is 1. The van der Waals surface area contributed by atoms with E-state index < -0.39 is 6.09 Å². The first-order valence-electron chi connectivity index (χ1n) is 6.75. The maximum Gasteiger partial charge on any atom is 0.416 e. The summed E-state index contributed by atoms with van der Waals surface area (Å²) in [6.45, 7) is 6.95. The summed E-state index contributed by atoms with van der Waals surface area (Å²) in [5.41, 5.74) is 0.740. The summed E-state index contributed by atoms with van der Waals surface area (Å²) in [5.74, 6) is 0.136. The highest BCUT2D eigenvalue weighted by molar-refractivity contribution is 6.03. The first kappa shape index (κ1) is 14.7. The van der Waals surface area contributed by atoms with Crippen LogP contribution in [0, 0.1) is 5.92 Å². The number of amides is 2. The molecule has 4 nitrogen and oxygen atoms in total. The minimum atomic E-state index is -0.497. The van der Waals surface area contributed by atoms with Gasteiger partial charge in [-0.05, 0) is 25.2 Å². The van der Waals surface area contributed by atoms with Gasteiger partial charge in [-0.15, -0.1) is 0 Å². The second-order valence-electron chi connectivity index (χ2n) is 4.96. The molecule has 0 saturated carbocycles. The fourth-order valence-corrected chi connectivity index (χ4v) is 1.92. The zero-order valence-electron chi connectivity index (χ0n) is 11.6. The molecule has 0 aromatic carbocycles. The highest BCUT2D eigenvalue weighted by Gasteiger charge is 2.29. The van der Waals surface area contributed by atoms with Gasteiger partial charge in [-0.1, -0.05) is 33.3 Å². The summed E-state index contributed by atoms with van der Waals surface area (Å²) < 4.78 is 5.08. The lowest BCUT2D eigenvalue weighted by Crippen LogP contribution is -2.42. The first-order chi connectivity index (χ1) is 8.56. The van der Waals surface area contributed by atoms with Gasteiger partial charge in [0.1, 0.15) is 0 Å². The number of rotatable bonds is 4. The molecule has 0 spiro atoms. The van der Waals surface area contributed by atoms with Gasteiger partial charge < -0.3 is 4.74 Å². The zero-order valence-corrected chi connectivity index (χ0v) is 11.6. The molecule has 2 amide bonds. The molecule has 0 N–H and O–H groups in total. The van der Waals surface area contributed by atoms with Crippen molar-refractivity contribution in [3.63, 3.8) is 0 Å². The van der Waals surface area contributed by atoms with E-state index in [1.165, 1.54) is 4.90 Å². The van der Waals surface area contributed by atoms with E-state index in [9.17, 15) is 9.59 Å². The van der Waals surface area contributed by atoms with Gasteiger partial charge in [0, 0.05) is 12.1 Å². The van der Waals surface area contributed by atoms with Crippen LogP contribution in [-0.2, 0) is 9.53 Å². The summed E-state index contributed by atoms with van der Waals surface area (Å²) in [5, 5.41) is 0. The SMILES string of the molecule is CCCCOC(=O)N1CCC/C(=C/C(C)C)C1=O. The van der Waals surface area contributed by atoms with Crippen LogP contribution in [0.15, 0.2) is 11.6 Å². The number of hydrogen-bond acceptors (Lipinski definition) is 3. The Labute approximate surface area is 109 Å². The molecule has 4 heteroatoms. The summed E-state index contributed by atoms with van der Waals surface area (Å²) in [7, 11) is 0. The van der Waals surface area contributed by atoms with Crippen molar-refractivity contribution >= 4 is 12.0 Å². The number of carbonyl (C=O) groups excluding carboxylic acids is 2. The number of carbonyl (C=O) groups is 2. The number of piperidine rings is 1. The third kappa shape index (κ3) is 4.17. The molecule has 1 heterocycles. The maximum atomic E-state index is 12.1. The van der Waals surface area contributed by atoms with Crippen LogP contribution in [0.3, 0.4) is 0 Å². The highest BCUT2D eigenvalue weighted by atomic mass is 16.6. The van der Waals surface area contributed by atoms with Crippen LogP contribution in [-0.4, -0.2) is 30.1 Å². The smallest absolute Gasteiger partial charge is 0.416 e. The molecule has 18 heavy (non-hydrogen) atoms. The second kappa shape index (κ2) is 7.19. The van der Waals surface area contributed by atoms with E-state index in [2.05, 4.69) is 0 Å². The Kier molecular flexibility index (Phi) is 5.89. The molecule has 0 atom stereocenters. The van der Waals surface area contributed by atoms with Gasteiger partial charge in [-0.2, -0.15) is 0 Å². The molecule has 1 saturated heterocycles. The van der Waals surface area contributed by atoms with Crippen LogP contribution >= 0.6 is 0 Å². The number of allylic oxidation sites excluding steroid dienone is 1. The van der Waals surface area contributed by atoms with Gasteiger partial charge in [-0.3, -0.25) is 4.79 Å². The van der Waals surface area contributed by atoms with Gasteiger partial charge >= 0.3 is 6.09 Å². The maximum absolute atomic E-state index is 12.1. The average Bonchev–Trinajstić information content (AvgIpc) is 2.31. The van der Waals surface area contributed by atoms with Crippen LogP contribution in [0.25, 0.3) is 0 Å². The molecule has 1 aliphatic heterocycles. The average molecular weight is 253 g/mol. The fourth-order valence-electron chi connectivity index (χ4n) is 1.92. The van der Waals surface area contributed by atoms with Crippen LogP contribution in [0.1, 0.15) is 46.5 Å². The molecular formula is C14H23NO3. The molecule has 1 rings (SSSR count). The van der Waals surface area contributed by atoms with Gasteiger partial charge in [0.15, 0.2) is 0 Å². The molecular weight excluding hydrogens is 230 g/mol. The monoisotopic (exact) mass is 253 g/mol. The topological polar surface area (TPSA) is 46.6 Å². The van der Waals surface area contributed by atoms with Gasteiger partial charge in [0.2, 0.25) is 0 Å². The van der Waals surface area contributed by atoms with Crippen LogP contribution in [0.4, 0.5) is 4.79 Å². The summed E-state index contributed by atoms with van der Waals surface area (Å²) in [6.07, 6.45) is 4.83. The number of imide groups is 1. The molecule has 0 unspecified atom stereocenters. The van der Waals surface area contributed by atoms with E-state index in [1.807, 2.05) is 26.8 Å². The van der Waals surface area contributed by atoms with Crippen molar-refractivity contribution in [2.45, 2.75) is 46.5 Å². The largest absolute Gasteiger partial charge is 0.449 e. The Morgan fingerprint density at radius 1 is 1.50 bits per heavy atom. The van der Waals surface area contributed by atoms with Gasteiger partial charge in [-0.25, -0.2) is 9.69 Å². The molecule has 0 aromatic heterocycles. The lowest BCUT2D eigenvalue weighted by Gasteiger charge is -2.26. The van der Waals surface area contributed by atoms with E-state index in [0.717, 1.165) is 31.3 Å². The quantitative estimate of drug-likeness (QED) is 0.571. The lowest BCUT2D eigenvalue weighted by atomic mass is 10.0. The minimum absolute atomic E-state index is 0.184. The number of ether oxygens (including phenoxy) is 1. The van der Waals surface area contributed by atoms with Crippen LogP contribution in [0.5, 0.6) is 0 Å². The van der Waals surface area contributed by atoms with E-state index >= 15 is 0 Å². The molecule has 1 aliphatic rings. The number of hydrogen-bond donors (Lipinski definition) is 0. The van der Waals surface area contributed by atoms with Crippen molar-refractivity contribution in [3.8, 4) is 0 Å². The van der Waals surface area contributed by atoms with Crippen molar-refractivity contribution in [3.05, 3.63) is 11.6 Å². The molecule has 0 aliphatic carbocycles. The highest BCUT2D eigenvalue weighted by Crippen LogP contribution is 2.19. The zero-order chi connectivity index (χ0) is 13.5. The standard InChI is InChI=1S/C14H23NO3/c1-4-5-9-18-14(17)15-8-6-7-12(13(15)16)10-11(2)3/h10-11H,4-9H2,1-3H3/b12-10-. The van der Waals surface area contributed by atoms with Crippen LogP contribution < -0.4 is 0 Å². The summed E-state index contributed by atoms with van der Waals surface area (Å²) in [4.78, 5) is 25.1. The normalized spacial score (nSPS) is 18.6. The number of nitrogens with zero attached hydrogens (tertiary/aromatic N) is 1.